The van der Waals surface area contributed by atoms with E-state index in [0.29, 0.717) is 29.6 Å². The van der Waals surface area contributed by atoms with E-state index in [0.717, 1.165) is 28.3 Å². The van der Waals surface area contributed by atoms with Gasteiger partial charge in [0.2, 0.25) is 5.78 Å². The van der Waals surface area contributed by atoms with Crippen LogP contribution in [-0.2, 0) is 13.1 Å². The van der Waals surface area contributed by atoms with Crippen LogP contribution in [0.15, 0.2) is 61.1 Å². The van der Waals surface area contributed by atoms with Gasteiger partial charge in [-0.2, -0.15) is 0 Å². The number of nitrogens with one attached hydrogen (secondary N) is 2. The molecule has 6 rings (SSSR count). The molecule has 0 fully saturated rings. The topological polar surface area (TPSA) is 113 Å². The van der Waals surface area contributed by atoms with Crippen LogP contribution < -0.4 is 0 Å². The zero-order valence-corrected chi connectivity index (χ0v) is 23.5. The van der Waals surface area contributed by atoms with E-state index >= 15 is 0 Å². The van der Waals surface area contributed by atoms with Crippen LogP contribution in [0.5, 0.6) is 0 Å². The van der Waals surface area contributed by atoms with Gasteiger partial charge < -0.3 is 19.4 Å². The molecule has 3 aromatic heterocycles. The minimum atomic E-state index is -0.119. The van der Waals surface area contributed by atoms with Crippen LogP contribution in [0, 0.1) is 27.7 Å². The van der Waals surface area contributed by atoms with Gasteiger partial charge in [-0.05, 0) is 56.0 Å². The van der Waals surface area contributed by atoms with Crippen molar-refractivity contribution >= 4 is 17.6 Å². The summed E-state index contributed by atoms with van der Waals surface area (Å²) < 4.78 is 1.70. The second-order valence-electron chi connectivity index (χ2n) is 10.6. The minimum absolute atomic E-state index is 0.0866. The fourth-order valence-corrected chi connectivity index (χ4v) is 4.97. The highest BCUT2D eigenvalue weighted by Gasteiger charge is 2.21. The molecule has 41 heavy (non-hydrogen) atoms. The SMILES string of the molecule is Cc1ncc(C(=O)Cn2cc(C(=O)CN3C=Cc4nc(-c5ccc(-c6ccc(C)c(C)c6)cc5)[nH]c4C3)nc2C)[nH]1. The fourth-order valence-electron chi connectivity index (χ4n) is 4.97. The first-order valence-electron chi connectivity index (χ1n) is 13.5. The molecule has 0 unspecified atom stereocenters. The summed E-state index contributed by atoms with van der Waals surface area (Å²) in [6.45, 7) is 8.62. The van der Waals surface area contributed by atoms with Gasteiger partial charge in [0.1, 0.15) is 28.9 Å². The Kier molecular flexibility index (Phi) is 6.70. The number of imidazole rings is 3. The fraction of sp³-hybridized carbons (Fsp3) is 0.219. The summed E-state index contributed by atoms with van der Waals surface area (Å²) in [5.74, 6) is 1.85. The summed E-state index contributed by atoms with van der Waals surface area (Å²) in [6.07, 6.45) is 6.98. The van der Waals surface area contributed by atoms with Crippen LogP contribution in [0.4, 0.5) is 0 Å². The number of benzene rings is 2. The van der Waals surface area contributed by atoms with Crippen LogP contribution >= 0.6 is 0 Å². The predicted octanol–water partition coefficient (Wildman–Crippen LogP) is 5.45. The van der Waals surface area contributed by atoms with E-state index in [4.69, 9.17) is 4.98 Å². The van der Waals surface area contributed by atoms with Gasteiger partial charge in [-0.15, -0.1) is 0 Å². The molecule has 0 atom stereocenters. The molecule has 0 amide bonds. The lowest BCUT2D eigenvalue weighted by atomic mass is 9.99. The first-order valence-corrected chi connectivity index (χ1v) is 13.5. The van der Waals surface area contributed by atoms with Crippen LogP contribution in [0.1, 0.15) is 55.1 Å². The first-order chi connectivity index (χ1) is 19.7. The number of aromatic nitrogens is 6. The molecule has 0 saturated heterocycles. The summed E-state index contributed by atoms with van der Waals surface area (Å²) in [4.78, 5) is 47.3. The Morgan fingerprint density at radius 2 is 1.61 bits per heavy atom. The van der Waals surface area contributed by atoms with Crippen molar-refractivity contribution < 1.29 is 9.59 Å². The van der Waals surface area contributed by atoms with Crippen molar-refractivity contribution in [2.45, 2.75) is 40.8 Å². The third kappa shape index (κ3) is 5.38. The maximum Gasteiger partial charge on any atom is 0.201 e. The molecular weight excluding hydrogens is 514 g/mol. The van der Waals surface area contributed by atoms with E-state index in [-0.39, 0.29) is 24.7 Å². The lowest BCUT2D eigenvalue weighted by Gasteiger charge is -2.21. The van der Waals surface area contributed by atoms with Crippen molar-refractivity contribution in [1.29, 1.82) is 0 Å². The Balaban J connectivity index is 1.10. The molecule has 0 spiro atoms. The number of aromatic amines is 2. The Hall–Kier alpha value is -5.05. The van der Waals surface area contributed by atoms with Crippen molar-refractivity contribution in [1.82, 2.24) is 34.4 Å². The van der Waals surface area contributed by atoms with Gasteiger partial charge in [-0.1, -0.05) is 42.5 Å². The van der Waals surface area contributed by atoms with Crippen LogP contribution in [0.2, 0.25) is 0 Å². The molecule has 0 aliphatic carbocycles. The molecule has 9 heteroatoms. The summed E-state index contributed by atoms with van der Waals surface area (Å²) in [5.41, 5.74) is 8.52. The van der Waals surface area contributed by atoms with Gasteiger partial charge in [0.25, 0.3) is 0 Å². The number of carbonyl (C=O) groups excluding carboxylic acids is 2. The number of rotatable bonds is 8. The van der Waals surface area contributed by atoms with Gasteiger partial charge in [-0.25, -0.2) is 15.0 Å². The Bertz CT molecular complexity index is 1800. The highest BCUT2D eigenvalue weighted by atomic mass is 16.1. The van der Waals surface area contributed by atoms with E-state index in [9.17, 15) is 9.59 Å². The normalized spacial score (nSPS) is 12.5. The van der Waals surface area contributed by atoms with E-state index in [2.05, 4.69) is 76.2 Å². The molecule has 4 heterocycles. The monoisotopic (exact) mass is 545 g/mol. The maximum atomic E-state index is 13.1. The highest BCUT2D eigenvalue weighted by molar-refractivity contribution is 5.96. The molecule has 206 valence electrons. The van der Waals surface area contributed by atoms with Gasteiger partial charge in [-0.3, -0.25) is 9.59 Å². The lowest BCUT2D eigenvalue weighted by Crippen LogP contribution is -2.27. The summed E-state index contributed by atoms with van der Waals surface area (Å²) in [5, 5.41) is 0. The van der Waals surface area contributed by atoms with Crippen LogP contribution in [-0.4, -0.2) is 52.5 Å². The van der Waals surface area contributed by atoms with Crippen molar-refractivity contribution in [3.63, 3.8) is 0 Å². The van der Waals surface area contributed by atoms with Crippen LogP contribution in [0.3, 0.4) is 0 Å². The van der Waals surface area contributed by atoms with Gasteiger partial charge in [0.05, 0.1) is 37.2 Å². The summed E-state index contributed by atoms with van der Waals surface area (Å²) >= 11 is 0. The van der Waals surface area contributed by atoms with E-state index in [1.165, 1.54) is 22.9 Å². The maximum absolute atomic E-state index is 13.1. The molecule has 5 aromatic rings. The molecule has 1 aliphatic heterocycles. The van der Waals surface area contributed by atoms with E-state index < -0.39 is 0 Å². The molecular formula is C32H31N7O2. The number of carbonyl (C=O) groups is 2. The number of H-pyrrole nitrogens is 2. The van der Waals surface area contributed by atoms with Crippen molar-refractivity contribution in [2.75, 3.05) is 6.54 Å². The zero-order valence-electron chi connectivity index (χ0n) is 23.5. The number of aryl methyl sites for hydroxylation is 4. The van der Waals surface area contributed by atoms with Gasteiger partial charge >= 0.3 is 0 Å². The average Bonchev–Trinajstić information content (AvgIpc) is 3.68. The second-order valence-corrected chi connectivity index (χ2v) is 10.6. The molecule has 0 bridgehead atoms. The molecule has 2 N–H and O–H groups in total. The number of Topliss-reactive ketones (excluding diaryl/α,β-unsaturated/α-hetero) is 2. The number of fused-ring (bicyclic) bond motifs is 1. The van der Waals surface area contributed by atoms with Gasteiger partial charge in [0, 0.05) is 18.0 Å². The van der Waals surface area contributed by atoms with Crippen LogP contribution in [0.25, 0.3) is 28.6 Å². The van der Waals surface area contributed by atoms with E-state index in [1.807, 2.05) is 17.2 Å². The zero-order chi connectivity index (χ0) is 28.7. The highest BCUT2D eigenvalue weighted by Crippen LogP contribution is 2.27. The molecule has 9 nitrogen and oxygen atoms in total. The average molecular weight is 546 g/mol. The minimum Gasteiger partial charge on any atom is -0.364 e. The van der Waals surface area contributed by atoms with E-state index in [1.54, 1.807) is 24.6 Å². The third-order valence-corrected chi connectivity index (χ3v) is 7.54. The smallest absolute Gasteiger partial charge is 0.201 e. The summed E-state index contributed by atoms with van der Waals surface area (Å²) in [7, 11) is 0. The molecule has 2 aromatic carbocycles. The third-order valence-electron chi connectivity index (χ3n) is 7.54. The number of ketones is 2. The van der Waals surface area contributed by atoms with Crippen molar-refractivity contribution in [3.8, 4) is 22.5 Å². The number of hydrogen-bond donors (Lipinski definition) is 2. The first kappa shape index (κ1) is 26.2. The molecule has 0 radical (unpaired) electrons. The Morgan fingerprint density at radius 1 is 0.854 bits per heavy atom. The van der Waals surface area contributed by atoms with Crippen molar-refractivity contribution in [2.24, 2.45) is 0 Å². The Labute approximate surface area is 238 Å². The second kappa shape index (κ2) is 10.5. The Morgan fingerprint density at radius 3 is 2.34 bits per heavy atom. The summed E-state index contributed by atoms with van der Waals surface area (Å²) in [6, 6.07) is 14.9. The quantitative estimate of drug-likeness (QED) is 0.251. The molecule has 0 saturated carbocycles. The van der Waals surface area contributed by atoms with Gasteiger partial charge in [0.15, 0.2) is 5.78 Å². The molecule has 1 aliphatic rings. The number of hydrogen-bond acceptors (Lipinski definition) is 6. The number of nitrogens with zero attached hydrogens (tertiary/aromatic N) is 5. The lowest BCUT2D eigenvalue weighted by molar-refractivity contribution is 0.0942. The van der Waals surface area contributed by atoms with Crippen molar-refractivity contribution in [3.05, 3.63) is 107 Å². The standard InChI is InChI=1S/C32H31N7O2/c1-19-5-6-25(13-20(19)2)23-7-9-24(10-8-23)32-36-26-11-12-38(15-28(26)37-32)17-30(40)29-16-39(22(4)35-29)18-31(41)27-14-33-21(3)34-27/h5-14,16H,15,17-18H2,1-4H3,(H,33,34)(H,36,37). The largest absolute Gasteiger partial charge is 0.364 e. The predicted molar refractivity (Wildman–Crippen MR) is 157 cm³/mol.